The smallest absolute Gasteiger partial charge is 0.258 e. The van der Waals surface area contributed by atoms with Crippen LogP contribution in [0.4, 0.5) is 0 Å². The Bertz CT molecular complexity index is 663. The standard InChI is InChI=1S/C18H21NO5/c1-22-14-6-8-15(9-7-14)24-11-17(20)19-12-18(21,13-4-5-13)16-3-2-10-23-16/h2-3,6-10,13,21H,4-5,11-12H2,1H3,(H,19,20). The Hall–Kier alpha value is -2.47. The zero-order chi connectivity index (χ0) is 17.0. The molecule has 128 valence electrons. The van der Waals surface area contributed by atoms with Gasteiger partial charge in [-0.3, -0.25) is 4.79 Å². The second kappa shape index (κ2) is 6.97. The third-order valence-electron chi connectivity index (χ3n) is 4.19. The van der Waals surface area contributed by atoms with E-state index >= 15 is 0 Å². The minimum absolute atomic E-state index is 0.107. The number of nitrogens with one attached hydrogen (secondary N) is 1. The van der Waals surface area contributed by atoms with Crippen LogP contribution < -0.4 is 14.8 Å². The second-order valence-corrected chi connectivity index (χ2v) is 5.92. The first-order chi connectivity index (χ1) is 11.6. The van der Waals surface area contributed by atoms with Gasteiger partial charge < -0.3 is 24.3 Å². The van der Waals surface area contributed by atoms with Crippen LogP contribution in [0.15, 0.2) is 47.1 Å². The molecule has 6 heteroatoms. The predicted molar refractivity (Wildman–Crippen MR) is 86.8 cm³/mol. The highest BCUT2D eigenvalue weighted by atomic mass is 16.5. The molecule has 1 aromatic heterocycles. The molecule has 1 fully saturated rings. The topological polar surface area (TPSA) is 80.9 Å². The van der Waals surface area contributed by atoms with E-state index in [0.717, 1.165) is 18.6 Å². The number of furan rings is 1. The molecular formula is C18H21NO5. The summed E-state index contributed by atoms with van der Waals surface area (Å²) in [6.07, 6.45) is 3.38. The molecule has 1 aliphatic carbocycles. The maximum Gasteiger partial charge on any atom is 0.258 e. The first-order valence-electron chi connectivity index (χ1n) is 7.92. The van der Waals surface area contributed by atoms with Crippen molar-refractivity contribution in [1.29, 1.82) is 0 Å². The normalized spacial score (nSPS) is 16.2. The fourth-order valence-corrected chi connectivity index (χ4v) is 2.62. The first-order valence-corrected chi connectivity index (χ1v) is 7.92. The molecule has 0 saturated heterocycles. The van der Waals surface area contributed by atoms with Gasteiger partial charge >= 0.3 is 0 Å². The summed E-state index contributed by atoms with van der Waals surface area (Å²) in [5.74, 6) is 1.61. The van der Waals surface area contributed by atoms with Gasteiger partial charge in [-0.1, -0.05) is 0 Å². The number of methoxy groups -OCH3 is 1. The number of hydrogen-bond donors (Lipinski definition) is 2. The van der Waals surface area contributed by atoms with Crippen LogP contribution >= 0.6 is 0 Å². The van der Waals surface area contributed by atoms with Crippen molar-refractivity contribution in [1.82, 2.24) is 5.32 Å². The molecule has 1 aliphatic rings. The van der Waals surface area contributed by atoms with Gasteiger partial charge in [-0.15, -0.1) is 0 Å². The van der Waals surface area contributed by atoms with Crippen LogP contribution in [0.1, 0.15) is 18.6 Å². The molecule has 1 unspecified atom stereocenters. The molecule has 0 aliphatic heterocycles. The lowest BCUT2D eigenvalue weighted by molar-refractivity contribution is -0.125. The highest BCUT2D eigenvalue weighted by Gasteiger charge is 2.47. The fourth-order valence-electron chi connectivity index (χ4n) is 2.62. The minimum atomic E-state index is -1.15. The lowest BCUT2D eigenvalue weighted by Crippen LogP contribution is -2.43. The monoisotopic (exact) mass is 331 g/mol. The third kappa shape index (κ3) is 3.71. The molecule has 0 bridgehead atoms. The van der Waals surface area contributed by atoms with E-state index in [-0.39, 0.29) is 25.0 Å². The van der Waals surface area contributed by atoms with Crippen molar-refractivity contribution < 1.29 is 23.8 Å². The van der Waals surface area contributed by atoms with Gasteiger partial charge in [-0.25, -0.2) is 0 Å². The predicted octanol–water partition coefficient (Wildman–Crippen LogP) is 2.08. The number of hydrogen-bond acceptors (Lipinski definition) is 5. The number of aliphatic hydroxyl groups is 1. The van der Waals surface area contributed by atoms with Gasteiger partial charge in [-0.05, 0) is 55.2 Å². The van der Waals surface area contributed by atoms with Crippen molar-refractivity contribution in [2.45, 2.75) is 18.4 Å². The van der Waals surface area contributed by atoms with Crippen molar-refractivity contribution in [3.63, 3.8) is 0 Å². The van der Waals surface area contributed by atoms with E-state index in [1.807, 2.05) is 0 Å². The van der Waals surface area contributed by atoms with E-state index in [1.54, 1.807) is 43.5 Å². The average molecular weight is 331 g/mol. The molecule has 1 amide bonds. The van der Waals surface area contributed by atoms with Gasteiger partial charge in [0.25, 0.3) is 5.91 Å². The van der Waals surface area contributed by atoms with Crippen molar-refractivity contribution in [3.05, 3.63) is 48.4 Å². The molecule has 0 radical (unpaired) electrons. The van der Waals surface area contributed by atoms with E-state index in [9.17, 15) is 9.90 Å². The highest BCUT2D eigenvalue weighted by molar-refractivity contribution is 5.77. The van der Waals surface area contributed by atoms with Crippen molar-refractivity contribution in [2.24, 2.45) is 5.92 Å². The molecule has 3 rings (SSSR count). The Morgan fingerprint density at radius 1 is 1.29 bits per heavy atom. The van der Waals surface area contributed by atoms with Gasteiger partial charge in [0, 0.05) is 0 Å². The van der Waals surface area contributed by atoms with E-state index in [1.165, 1.54) is 6.26 Å². The fraction of sp³-hybridized carbons (Fsp3) is 0.389. The Balaban J connectivity index is 1.51. The Labute approximate surface area is 140 Å². The molecular weight excluding hydrogens is 310 g/mol. The van der Waals surface area contributed by atoms with Crippen LogP contribution in [0, 0.1) is 5.92 Å². The molecule has 1 aromatic carbocycles. The summed E-state index contributed by atoms with van der Waals surface area (Å²) < 4.78 is 15.8. The molecule has 1 atom stereocenters. The summed E-state index contributed by atoms with van der Waals surface area (Å²) in [6, 6.07) is 10.5. The van der Waals surface area contributed by atoms with Crippen LogP contribution in [0.3, 0.4) is 0 Å². The van der Waals surface area contributed by atoms with Crippen molar-refractivity contribution >= 4 is 5.91 Å². The van der Waals surface area contributed by atoms with E-state index in [2.05, 4.69) is 5.32 Å². The zero-order valence-electron chi connectivity index (χ0n) is 13.5. The quantitative estimate of drug-likeness (QED) is 0.774. The van der Waals surface area contributed by atoms with E-state index in [4.69, 9.17) is 13.9 Å². The van der Waals surface area contributed by atoms with Gasteiger partial charge in [0.1, 0.15) is 22.9 Å². The van der Waals surface area contributed by atoms with E-state index < -0.39 is 5.60 Å². The molecule has 6 nitrogen and oxygen atoms in total. The Morgan fingerprint density at radius 3 is 2.58 bits per heavy atom. The van der Waals surface area contributed by atoms with Crippen molar-refractivity contribution in [2.75, 3.05) is 20.3 Å². The van der Waals surface area contributed by atoms with Gasteiger partial charge in [-0.2, -0.15) is 0 Å². The molecule has 2 N–H and O–H groups in total. The van der Waals surface area contributed by atoms with Crippen LogP contribution in [0.25, 0.3) is 0 Å². The first kappa shape index (κ1) is 16.4. The number of amides is 1. The van der Waals surface area contributed by atoms with Crippen LogP contribution in [-0.2, 0) is 10.4 Å². The Kier molecular flexibility index (Phi) is 4.76. The van der Waals surface area contributed by atoms with Gasteiger partial charge in [0.2, 0.25) is 0 Å². The minimum Gasteiger partial charge on any atom is -0.497 e. The molecule has 2 aromatic rings. The number of benzene rings is 1. The summed E-state index contributed by atoms with van der Waals surface area (Å²) >= 11 is 0. The van der Waals surface area contributed by atoms with Crippen LogP contribution in [-0.4, -0.2) is 31.3 Å². The lowest BCUT2D eigenvalue weighted by atomic mass is 9.94. The lowest BCUT2D eigenvalue weighted by Gasteiger charge is -2.26. The SMILES string of the molecule is COc1ccc(OCC(=O)NCC(O)(c2ccco2)C2CC2)cc1. The summed E-state index contributed by atoms with van der Waals surface area (Å²) in [7, 11) is 1.59. The summed E-state index contributed by atoms with van der Waals surface area (Å²) in [5, 5.41) is 13.6. The van der Waals surface area contributed by atoms with Crippen LogP contribution in [0.5, 0.6) is 11.5 Å². The number of rotatable bonds is 8. The maximum absolute atomic E-state index is 12.0. The second-order valence-electron chi connectivity index (χ2n) is 5.92. The van der Waals surface area contributed by atoms with Crippen LogP contribution in [0.2, 0.25) is 0 Å². The third-order valence-corrected chi connectivity index (χ3v) is 4.19. The number of carbonyl (C=O) groups excluding carboxylic acids is 1. The van der Waals surface area contributed by atoms with Gasteiger partial charge in [0.05, 0.1) is 19.9 Å². The Morgan fingerprint density at radius 2 is 2.00 bits per heavy atom. The molecule has 1 saturated carbocycles. The summed E-state index contributed by atoms with van der Waals surface area (Å²) in [5.41, 5.74) is -1.15. The van der Waals surface area contributed by atoms with Crippen molar-refractivity contribution in [3.8, 4) is 11.5 Å². The maximum atomic E-state index is 12.0. The van der Waals surface area contributed by atoms with Gasteiger partial charge in [0.15, 0.2) is 6.61 Å². The van der Waals surface area contributed by atoms with E-state index in [0.29, 0.717) is 11.5 Å². The number of carbonyl (C=O) groups is 1. The zero-order valence-corrected chi connectivity index (χ0v) is 13.5. The summed E-state index contributed by atoms with van der Waals surface area (Å²) in [4.78, 5) is 12.0. The summed E-state index contributed by atoms with van der Waals surface area (Å²) in [6.45, 7) is -0.0127. The number of ether oxygens (including phenoxy) is 2. The molecule has 24 heavy (non-hydrogen) atoms. The molecule has 0 spiro atoms. The average Bonchev–Trinajstić information content (AvgIpc) is 3.33. The molecule has 1 heterocycles. The highest BCUT2D eigenvalue weighted by Crippen LogP contribution is 2.45. The largest absolute Gasteiger partial charge is 0.497 e.